The van der Waals surface area contributed by atoms with Crippen LogP contribution in [0.2, 0.25) is 5.02 Å². The molecule has 2 amide bonds. The molecule has 0 spiro atoms. The van der Waals surface area contributed by atoms with Crippen LogP contribution in [0.15, 0.2) is 42.5 Å². The molecule has 0 aromatic heterocycles. The molecule has 0 bridgehead atoms. The summed E-state index contributed by atoms with van der Waals surface area (Å²) in [5.41, 5.74) is 1.27. The summed E-state index contributed by atoms with van der Waals surface area (Å²) in [6.07, 6.45) is 5.49. The third-order valence-electron chi connectivity index (χ3n) is 9.39. The van der Waals surface area contributed by atoms with Crippen LogP contribution in [-0.4, -0.2) is 64.8 Å². The summed E-state index contributed by atoms with van der Waals surface area (Å²) in [7, 11) is 0. The van der Waals surface area contributed by atoms with Crippen molar-refractivity contribution in [1.29, 1.82) is 0 Å². The molecule has 2 aromatic rings. The first-order chi connectivity index (χ1) is 19.5. The van der Waals surface area contributed by atoms with Crippen molar-refractivity contribution in [3.05, 3.63) is 70.2 Å². The van der Waals surface area contributed by atoms with E-state index in [1.54, 1.807) is 0 Å². The molecule has 2 aliphatic heterocycles. The van der Waals surface area contributed by atoms with E-state index in [1.807, 2.05) is 34.1 Å². The van der Waals surface area contributed by atoms with E-state index in [-0.39, 0.29) is 35.2 Å². The van der Waals surface area contributed by atoms with Gasteiger partial charge >= 0.3 is 0 Å². The molecule has 41 heavy (non-hydrogen) atoms. The van der Waals surface area contributed by atoms with Crippen LogP contribution in [0.5, 0.6) is 0 Å². The van der Waals surface area contributed by atoms with E-state index in [0.29, 0.717) is 43.3 Å². The number of likely N-dealkylation sites (tertiary alicyclic amines) is 1. The maximum absolute atomic E-state index is 15.0. The molecule has 0 N–H and O–H groups in total. The normalized spacial score (nSPS) is 24.9. The third-order valence-corrected chi connectivity index (χ3v) is 9.65. The number of nitrogens with zero attached hydrogens (tertiary/aromatic N) is 3. The topological polar surface area (TPSA) is 43.9 Å². The molecule has 3 atom stereocenters. The number of halogens is 3. The maximum atomic E-state index is 15.0. The van der Waals surface area contributed by atoms with Gasteiger partial charge in [-0.05, 0) is 75.8 Å². The Kier molecular flexibility index (Phi) is 9.05. The lowest BCUT2D eigenvalue weighted by molar-refractivity contribution is -0.143. The van der Waals surface area contributed by atoms with E-state index in [1.165, 1.54) is 12.1 Å². The predicted molar refractivity (Wildman–Crippen MR) is 158 cm³/mol. The van der Waals surface area contributed by atoms with Crippen LogP contribution in [0, 0.1) is 23.5 Å². The molecule has 222 valence electrons. The minimum atomic E-state index is -0.620. The fourth-order valence-electron chi connectivity index (χ4n) is 7.00. The van der Waals surface area contributed by atoms with Gasteiger partial charge in [0.2, 0.25) is 11.8 Å². The molecular weight excluding hydrogens is 544 g/mol. The summed E-state index contributed by atoms with van der Waals surface area (Å²) in [6, 6.07) is 11.4. The van der Waals surface area contributed by atoms with Gasteiger partial charge in [0, 0.05) is 61.2 Å². The van der Waals surface area contributed by atoms with E-state index in [0.717, 1.165) is 50.2 Å². The lowest BCUT2D eigenvalue weighted by Crippen LogP contribution is -2.49. The fourth-order valence-corrected chi connectivity index (χ4v) is 7.13. The van der Waals surface area contributed by atoms with Crippen molar-refractivity contribution in [3.63, 3.8) is 0 Å². The number of carbonyl (C=O) groups is 2. The molecule has 3 fully saturated rings. The Balaban J connectivity index is 1.39. The molecule has 8 heteroatoms. The van der Waals surface area contributed by atoms with Crippen LogP contribution in [0.4, 0.5) is 8.78 Å². The van der Waals surface area contributed by atoms with Crippen molar-refractivity contribution in [1.82, 2.24) is 14.7 Å². The van der Waals surface area contributed by atoms with Crippen LogP contribution < -0.4 is 0 Å². The Morgan fingerprint density at radius 2 is 1.56 bits per heavy atom. The van der Waals surface area contributed by atoms with Gasteiger partial charge in [-0.15, -0.1) is 0 Å². The first-order valence-electron chi connectivity index (χ1n) is 15.1. The standard InChI is InChI=1S/C33H42ClF2N3O2/c1-33(2,3)38-20-27(26-15-14-25(35)19-29(26)36)28(21-38)32(41)37-16-6-9-30(22-10-12-24(34)13-11-22)39(18-17-37)31(40)23-7-4-5-8-23/h10-15,19,23,27-28,30H,4-9,16-18,20-21H2,1-3H3/t27-,28?,30?/m0/s1. The van der Waals surface area contributed by atoms with E-state index in [4.69, 9.17) is 11.6 Å². The average molecular weight is 586 g/mol. The highest BCUT2D eigenvalue weighted by molar-refractivity contribution is 6.30. The zero-order valence-corrected chi connectivity index (χ0v) is 25.2. The molecule has 3 aliphatic rings. The summed E-state index contributed by atoms with van der Waals surface area (Å²) >= 11 is 6.17. The van der Waals surface area contributed by atoms with Crippen LogP contribution in [0.3, 0.4) is 0 Å². The summed E-state index contributed by atoms with van der Waals surface area (Å²) in [4.78, 5) is 34.1. The summed E-state index contributed by atoms with van der Waals surface area (Å²) in [5.74, 6) is -1.83. The Morgan fingerprint density at radius 1 is 0.854 bits per heavy atom. The number of amides is 2. The van der Waals surface area contributed by atoms with Crippen molar-refractivity contribution in [2.75, 3.05) is 32.7 Å². The Bertz CT molecular complexity index is 1240. The molecule has 2 saturated heterocycles. The number of hydrogen-bond donors (Lipinski definition) is 0. The smallest absolute Gasteiger partial charge is 0.227 e. The molecule has 2 heterocycles. The van der Waals surface area contributed by atoms with E-state index >= 15 is 4.39 Å². The lowest BCUT2D eigenvalue weighted by Gasteiger charge is -2.39. The van der Waals surface area contributed by atoms with E-state index in [2.05, 4.69) is 25.7 Å². The van der Waals surface area contributed by atoms with E-state index in [9.17, 15) is 14.0 Å². The van der Waals surface area contributed by atoms with Crippen LogP contribution >= 0.6 is 11.6 Å². The number of hydrogen-bond acceptors (Lipinski definition) is 3. The van der Waals surface area contributed by atoms with Crippen LogP contribution in [0.25, 0.3) is 0 Å². The van der Waals surface area contributed by atoms with Crippen molar-refractivity contribution < 1.29 is 18.4 Å². The highest BCUT2D eigenvalue weighted by Crippen LogP contribution is 2.39. The minimum absolute atomic E-state index is 0.0105. The van der Waals surface area contributed by atoms with Gasteiger partial charge in [-0.1, -0.05) is 42.6 Å². The molecule has 1 aliphatic carbocycles. The van der Waals surface area contributed by atoms with Crippen molar-refractivity contribution >= 4 is 23.4 Å². The maximum Gasteiger partial charge on any atom is 0.227 e. The Labute approximate surface area is 247 Å². The van der Waals surface area contributed by atoms with Crippen molar-refractivity contribution in [3.8, 4) is 0 Å². The molecule has 5 nitrogen and oxygen atoms in total. The van der Waals surface area contributed by atoms with Crippen LogP contribution in [0.1, 0.15) is 82.4 Å². The molecule has 0 radical (unpaired) electrons. The van der Waals surface area contributed by atoms with Gasteiger partial charge in [-0.2, -0.15) is 0 Å². The highest BCUT2D eigenvalue weighted by atomic mass is 35.5. The van der Waals surface area contributed by atoms with Gasteiger partial charge in [0.1, 0.15) is 11.6 Å². The largest absolute Gasteiger partial charge is 0.341 e. The number of carbonyl (C=O) groups excluding carboxylic acids is 2. The van der Waals surface area contributed by atoms with Crippen molar-refractivity contribution in [2.24, 2.45) is 11.8 Å². The highest BCUT2D eigenvalue weighted by Gasteiger charge is 2.45. The molecule has 2 aromatic carbocycles. The molecular formula is C33H42ClF2N3O2. The van der Waals surface area contributed by atoms with Gasteiger partial charge in [0.15, 0.2) is 0 Å². The number of rotatable bonds is 4. The summed E-state index contributed by atoms with van der Waals surface area (Å²) in [5, 5.41) is 0.665. The Hall–Kier alpha value is -2.51. The number of benzene rings is 2. The monoisotopic (exact) mass is 585 g/mol. The molecule has 5 rings (SSSR count). The van der Waals surface area contributed by atoms with Crippen molar-refractivity contribution in [2.45, 2.75) is 76.8 Å². The van der Waals surface area contributed by atoms with Gasteiger partial charge in [0.05, 0.1) is 12.0 Å². The first-order valence-corrected chi connectivity index (χ1v) is 15.5. The van der Waals surface area contributed by atoms with E-state index < -0.39 is 17.6 Å². The quantitative estimate of drug-likeness (QED) is 0.396. The summed E-state index contributed by atoms with van der Waals surface area (Å²) in [6.45, 7) is 8.80. The average Bonchev–Trinajstić information content (AvgIpc) is 3.60. The molecule has 1 saturated carbocycles. The fraction of sp³-hybridized carbons (Fsp3) is 0.576. The zero-order chi connectivity index (χ0) is 29.3. The van der Waals surface area contributed by atoms with Gasteiger partial charge in [-0.25, -0.2) is 8.78 Å². The predicted octanol–water partition coefficient (Wildman–Crippen LogP) is 6.81. The minimum Gasteiger partial charge on any atom is -0.341 e. The molecule has 2 unspecified atom stereocenters. The Morgan fingerprint density at radius 3 is 2.22 bits per heavy atom. The van der Waals surface area contributed by atoms with Gasteiger partial charge in [0.25, 0.3) is 0 Å². The second kappa shape index (κ2) is 12.4. The van der Waals surface area contributed by atoms with Gasteiger partial charge < -0.3 is 9.80 Å². The zero-order valence-electron chi connectivity index (χ0n) is 24.4. The lowest BCUT2D eigenvalue weighted by atomic mass is 9.87. The second-order valence-electron chi connectivity index (χ2n) is 13.0. The third kappa shape index (κ3) is 6.61. The second-order valence-corrected chi connectivity index (χ2v) is 13.4. The summed E-state index contributed by atoms with van der Waals surface area (Å²) < 4.78 is 28.8. The SMILES string of the molecule is CC(C)(C)N1CC(C(=O)N2CCCC(c3ccc(Cl)cc3)N(C(=O)C3CCCC3)CC2)[C@H](c2ccc(F)cc2F)C1. The van der Waals surface area contributed by atoms with Crippen LogP contribution in [-0.2, 0) is 9.59 Å². The van der Waals surface area contributed by atoms with Gasteiger partial charge in [-0.3, -0.25) is 14.5 Å². The first kappa shape index (κ1) is 30.0.